The van der Waals surface area contributed by atoms with Gasteiger partial charge in [0.15, 0.2) is 0 Å². The van der Waals surface area contributed by atoms with Crippen molar-refractivity contribution >= 4 is 22.7 Å². The third-order valence-corrected chi connectivity index (χ3v) is 3.20. The molecule has 0 spiro atoms. The number of imidazole rings is 1. The predicted molar refractivity (Wildman–Crippen MR) is 81.0 cm³/mol. The van der Waals surface area contributed by atoms with Gasteiger partial charge in [-0.25, -0.2) is 4.98 Å². The maximum absolute atomic E-state index is 11.9. The number of aromatic nitrogens is 2. The summed E-state index contributed by atoms with van der Waals surface area (Å²) >= 11 is 0. The number of hydrogen-bond acceptors (Lipinski definition) is 5. The van der Waals surface area contributed by atoms with Crippen molar-refractivity contribution in [2.45, 2.75) is 26.3 Å². The van der Waals surface area contributed by atoms with Crippen LogP contribution < -0.4 is 5.73 Å². The van der Waals surface area contributed by atoms with Crippen molar-refractivity contribution in [1.29, 1.82) is 0 Å². The zero-order chi connectivity index (χ0) is 15.2. The number of nitrogen functional groups attached to an aromatic ring is 1. The van der Waals surface area contributed by atoms with Crippen molar-refractivity contribution < 1.29 is 14.3 Å². The molecule has 0 aliphatic carbocycles. The number of carbonyl (C=O) groups is 1. The number of hydrogen-bond donors (Lipinski definition) is 1. The van der Waals surface area contributed by atoms with Gasteiger partial charge < -0.3 is 19.8 Å². The van der Waals surface area contributed by atoms with E-state index in [1.54, 1.807) is 7.11 Å². The topological polar surface area (TPSA) is 79.4 Å². The summed E-state index contributed by atoms with van der Waals surface area (Å²) in [5.74, 6) is 0.556. The second-order valence-electron chi connectivity index (χ2n) is 4.79. The fourth-order valence-electron chi connectivity index (χ4n) is 2.22. The number of nitrogens with two attached hydrogens (primary N) is 1. The fourth-order valence-corrected chi connectivity index (χ4v) is 2.22. The van der Waals surface area contributed by atoms with E-state index in [1.807, 2.05) is 22.8 Å². The highest BCUT2D eigenvalue weighted by Gasteiger charge is 2.15. The second-order valence-corrected chi connectivity index (χ2v) is 4.79. The molecule has 0 fully saturated rings. The lowest BCUT2D eigenvalue weighted by Gasteiger charge is -2.09. The lowest BCUT2D eigenvalue weighted by Crippen LogP contribution is -2.17. The van der Waals surface area contributed by atoms with Gasteiger partial charge >= 0.3 is 5.97 Å². The predicted octanol–water partition coefficient (Wildman–Crippen LogP) is 1.76. The van der Waals surface area contributed by atoms with Crippen LogP contribution >= 0.6 is 0 Å². The van der Waals surface area contributed by atoms with Crippen molar-refractivity contribution in [3.63, 3.8) is 0 Å². The molecule has 1 heterocycles. The molecule has 1 aromatic carbocycles. The Bertz CT molecular complexity index is 622. The number of para-hydroxylation sites is 1. The summed E-state index contributed by atoms with van der Waals surface area (Å²) in [5.41, 5.74) is 8.18. The zero-order valence-electron chi connectivity index (χ0n) is 12.5. The minimum atomic E-state index is -0.300. The van der Waals surface area contributed by atoms with Gasteiger partial charge in [-0.05, 0) is 18.6 Å². The van der Waals surface area contributed by atoms with Gasteiger partial charge in [0.05, 0.1) is 17.8 Å². The molecular weight excluding hydrogens is 270 g/mol. The van der Waals surface area contributed by atoms with E-state index in [0.717, 1.165) is 29.7 Å². The van der Waals surface area contributed by atoms with Crippen LogP contribution in [0.25, 0.3) is 11.0 Å². The summed E-state index contributed by atoms with van der Waals surface area (Å²) < 4.78 is 11.9. The van der Waals surface area contributed by atoms with E-state index in [4.69, 9.17) is 15.2 Å². The molecule has 0 unspecified atom stereocenters. The van der Waals surface area contributed by atoms with Crippen LogP contribution in [0.1, 0.15) is 19.2 Å². The second kappa shape index (κ2) is 7.08. The Morgan fingerprint density at radius 1 is 1.38 bits per heavy atom. The third-order valence-electron chi connectivity index (χ3n) is 3.20. The summed E-state index contributed by atoms with van der Waals surface area (Å²) in [6.45, 7) is 2.86. The number of rotatable bonds is 7. The highest BCUT2D eigenvalue weighted by molar-refractivity contribution is 5.88. The van der Waals surface area contributed by atoms with Crippen molar-refractivity contribution in [2.24, 2.45) is 0 Å². The van der Waals surface area contributed by atoms with Gasteiger partial charge in [-0.3, -0.25) is 4.79 Å². The fraction of sp³-hybridized carbons (Fsp3) is 0.467. The number of fused-ring (bicyclic) bond motifs is 1. The highest BCUT2D eigenvalue weighted by atomic mass is 16.6. The molecular formula is C15H21N3O3. The minimum absolute atomic E-state index is 0.138. The average Bonchev–Trinajstić information content (AvgIpc) is 2.80. The number of benzene rings is 1. The SMILES string of the molecule is CCCc1nc2c(N)cccc2n1CC(=O)OCCOC. The smallest absolute Gasteiger partial charge is 0.326 e. The largest absolute Gasteiger partial charge is 0.462 e. The summed E-state index contributed by atoms with van der Waals surface area (Å²) in [4.78, 5) is 16.5. The van der Waals surface area contributed by atoms with Crippen molar-refractivity contribution in [3.8, 4) is 0 Å². The molecule has 6 nitrogen and oxygen atoms in total. The Kier molecular flexibility index (Phi) is 5.16. The summed E-state index contributed by atoms with van der Waals surface area (Å²) in [6.07, 6.45) is 1.74. The van der Waals surface area contributed by atoms with Crippen molar-refractivity contribution in [1.82, 2.24) is 9.55 Å². The molecule has 0 saturated carbocycles. The van der Waals surface area contributed by atoms with Gasteiger partial charge in [0.2, 0.25) is 0 Å². The van der Waals surface area contributed by atoms with Gasteiger partial charge in [0.25, 0.3) is 0 Å². The molecule has 0 saturated heterocycles. The third kappa shape index (κ3) is 3.52. The molecule has 2 aromatic rings. The molecule has 2 rings (SSSR count). The molecule has 0 bridgehead atoms. The first kappa shape index (κ1) is 15.3. The van der Waals surface area contributed by atoms with Gasteiger partial charge in [-0.2, -0.15) is 0 Å². The van der Waals surface area contributed by atoms with Crippen LogP contribution in [0.4, 0.5) is 5.69 Å². The van der Waals surface area contributed by atoms with E-state index >= 15 is 0 Å². The number of aryl methyl sites for hydroxylation is 1. The molecule has 21 heavy (non-hydrogen) atoms. The van der Waals surface area contributed by atoms with Gasteiger partial charge in [-0.15, -0.1) is 0 Å². The molecule has 0 amide bonds. The first-order valence-electron chi connectivity index (χ1n) is 7.05. The number of carbonyl (C=O) groups excluding carboxylic acids is 1. The Morgan fingerprint density at radius 3 is 2.90 bits per heavy atom. The van der Waals surface area contributed by atoms with Crippen LogP contribution in [0.2, 0.25) is 0 Å². The summed E-state index contributed by atoms with van der Waals surface area (Å²) in [6, 6.07) is 5.59. The molecule has 0 radical (unpaired) electrons. The number of ether oxygens (including phenoxy) is 2. The van der Waals surface area contributed by atoms with Crippen LogP contribution in [0, 0.1) is 0 Å². The van der Waals surface area contributed by atoms with Crippen LogP contribution in [-0.4, -0.2) is 35.8 Å². The summed E-state index contributed by atoms with van der Waals surface area (Å²) in [5, 5.41) is 0. The van der Waals surface area contributed by atoms with Gasteiger partial charge in [0, 0.05) is 13.5 Å². The quantitative estimate of drug-likeness (QED) is 0.478. The number of methoxy groups -OCH3 is 1. The number of esters is 1. The number of nitrogens with zero attached hydrogens (tertiary/aromatic N) is 2. The van der Waals surface area contributed by atoms with Crippen LogP contribution in [0.3, 0.4) is 0 Å². The maximum atomic E-state index is 11.9. The lowest BCUT2D eigenvalue weighted by molar-refractivity contribution is -0.145. The van der Waals surface area contributed by atoms with Gasteiger partial charge in [-0.1, -0.05) is 13.0 Å². The minimum Gasteiger partial charge on any atom is -0.462 e. The molecule has 0 atom stereocenters. The van der Waals surface area contributed by atoms with E-state index in [9.17, 15) is 4.79 Å². The molecule has 6 heteroatoms. The normalized spacial score (nSPS) is 11.0. The Morgan fingerprint density at radius 2 is 2.19 bits per heavy atom. The molecule has 0 aliphatic rings. The monoisotopic (exact) mass is 291 g/mol. The van der Waals surface area contributed by atoms with E-state index in [2.05, 4.69) is 11.9 Å². The molecule has 114 valence electrons. The van der Waals surface area contributed by atoms with E-state index in [1.165, 1.54) is 0 Å². The first-order chi connectivity index (χ1) is 10.2. The van der Waals surface area contributed by atoms with E-state index in [0.29, 0.717) is 12.3 Å². The van der Waals surface area contributed by atoms with Crippen molar-refractivity contribution in [3.05, 3.63) is 24.0 Å². The van der Waals surface area contributed by atoms with E-state index < -0.39 is 0 Å². The standard InChI is InChI=1S/C15H21N3O3/c1-3-5-13-17-15-11(16)6-4-7-12(15)18(13)10-14(19)21-9-8-20-2/h4,6-7H,3,5,8-10,16H2,1-2H3. The van der Waals surface area contributed by atoms with Gasteiger partial charge in [0.1, 0.15) is 24.5 Å². The van der Waals surface area contributed by atoms with E-state index in [-0.39, 0.29) is 19.1 Å². The molecule has 1 aromatic heterocycles. The maximum Gasteiger partial charge on any atom is 0.326 e. The Hall–Kier alpha value is -2.08. The van der Waals surface area contributed by atoms with Crippen LogP contribution in [-0.2, 0) is 27.2 Å². The number of anilines is 1. The Labute approximate surface area is 123 Å². The molecule has 0 aliphatic heterocycles. The molecule has 2 N–H and O–H groups in total. The summed E-state index contributed by atoms with van der Waals surface area (Å²) in [7, 11) is 1.57. The first-order valence-corrected chi connectivity index (χ1v) is 7.05. The lowest BCUT2D eigenvalue weighted by atomic mass is 10.3. The van der Waals surface area contributed by atoms with Crippen molar-refractivity contribution in [2.75, 3.05) is 26.1 Å². The van der Waals surface area contributed by atoms with Crippen LogP contribution in [0.5, 0.6) is 0 Å². The highest BCUT2D eigenvalue weighted by Crippen LogP contribution is 2.22. The zero-order valence-corrected chi connectivity index (χ0v) is 12.5. The average molecular weight is 291 g/mol. The van der Waals surface area contributed by atoms with Crippen LogP contribution in [0.15, 0.2) is 18.2 Å². The Balaban J connectivity index is 2.26.